The van der Waals surface area contributed by atoms with Gasteiger partial charge in [0, 0.05) is 40.4 Å². The predicted molar refractivity (Wildman–Crippen MR) is 109 cm³/mol. The van der Waals surface area contributed by atoms with E-state index in [1.54, 1.807) is 14.2 Å². The summed E-state index contributed by atoms with van der Waals surface area (Å²) in [6.07, 6.45) is 4.67. The molecule has 152 valence electrons. The first kappa shape index (κ1) is 21.7. The first-order valence-electron chi connectivity index (χ1n) is 9.43. The first-order valence-corrected chi connectivity index (χ1v) is 11.1. The molecule has 0 saturated heterocycles. The van der Waals surface area contributed by atoms with Crippen LogP contribution in [0.3, 0.4) is 0 Å². The number of aliphatic imine (C=N–C) groups is 1. The van der Waals surface area contributed by atoms with Gasteiger partial charge in [-0.3, -0.25) is 4.99 Å². The van der Waals surface area contributed by atoms with E-state index in [-0.39, 0.29) is 11.2 Å². The highest BCUT2D eigenvalue weighted by Crippen LogP contribution is 2.43. The third-order valence-electron chi connectivity index (χ3n) is 5.11. The molecular weight excluding hydrogens is 364 g/mol. The second-order valence-corrected chi connectivity index (χ2v) is 9.00. The molecule has 0 heterocycles. The summed E-state index contributed by atoms with van der Waals surface area (Å²) < 4.78 is 32.1. The minimum atomic E-state index is -3.34. The van der Waals surface area contributed by atoms with Crippen molar-refractivity contribution in [2.45, 2.75) is 32.2 Å². The van der Waals surface area contributed by atoms with Gasteiger partial charge < -0.3 is 15.4 Å². The minimum absolute atomic E-state index is 0.00461. The first-order chi connectivity index (χ1) is 13.0. The highest BCUT2D eigenvalue weighted by Gasteiger charge is 2.36. The molecular formula is C19H32N4O3S. The van der Waals surface area contributed by atoms with E-state index in [0.717, 1.165) is 25.1 Å². The van der Waals surface area contributed by atoms with Gasteiger partial charge in [0.25, 0.3) is 0 Å². The molecule has 1 aromatic rings. The number of ether oxygens (including phenoxy) is 1. The van der Waals surface area contributed by atoms with E-state index >= 15 is 0 Å². The maximum atomic E-state index is 12.1. The van der Waals surface area contributed by atoms with Gasteiger partial charge in [-0.1, -0.05) is 36.8 Å². The van der Waals surface area contributed by atoms with Crippen molar-refractivity contribution in [2.24, 2.45) is 10.4 Å². The Balaban J connectivity index is 1.70. The Bertz CT molecular complexity index is 688. The average molecular weight is 397 g/mol. The number of nitrogens with zero attached hydrogens (tertiary/aromatic N) is 1. The summed E-state index contributed by atoms with van der Waals surface area (Å²) >= 11 is 0. The van der Waals surface area contributed by atoms with Gasteiger partial charge in [0.2, 0.25) is 10.0 Å². The zero-order chi connectivity index (χ0) is 19.6. The van der Waals surface area contributed by atoms with Crippen LogP contribution in [0.4, 0.5) is 0 Å². The topological polar surface area (TPSA) is 91.8 Å². The number of benzene rings is 1. The molecule has 7 nitrogen and oxygen atoms in total. The van der Waals surface area contributed by atoms with Gasteiger partial charge in [-0.2, -0.15) is 0 Å². The fourth-order valence-corrected chi connectivity index (χ4v) is 4.07. The lowest BCUT2D eigenvalue weighted by molar-refractivity contribution is 0.0733. The van der Waals surface area contributed by atoms with Crippen LogP contribution in [0.2, 0.25) is 0 Å². The van der Waals surface area contributed by atoms with Crippen molar-refractivity contribution < 1.29 is 13.2 Å². The fourth-order valence-electron chi connectivity index (χ4n) is 3.17. The third kappa shape index (κ3) is 7.48. The van der Waals surface area contributed by atoms with Gasteiger partial charge in [-0.25, -0.2) is 13.1 Å². The molecule has 2 rings (SSSR count). The van der Waals surface area contributed by atoms with Crippen molar-refractivity contribution in [3.8, 4) is 0 Å². The van der Waals surface area contributed by atoms with E-state index < -0.39 is 10.0 Å². The Labute approximate surface area is 163 Å². The van der Waals surface area contributed by atoms with E-state index in [9.17, 15) is 8.42 Å². The molecule has 0 aromatic heterocycles. The number of nitrogens with one attached hydrogen (secondary N) is 3. The molecule has 3 N–H and O–H groups in total. The molecule has 1 saturated carbocycles. The quantitative estimate of drug-likeness (QED) is 0.389. The molecule has 0 aliphatic heterocycles. The highest BCUT2D eigenvalue weighted by atomic mass is 32.2. The summed E-state index contributed by atoms with van der Waals surface area (Å²) in [5.74, 6) is 0.631. The van der Waals surface area contributed by atoms with Crippen molar-refractivity contribution in [1.82, 2.24) is 15.4 Å². The summed E-state index contributed by atoms with van der Waals surface area (Å²) in [6, 6.07) is 9.48. The largest absolute Gasteiger partial charge is 0.385 e. The monoisotopic (exact) mass is 396 g/mol. The molecule has 1 aliphatic carbocycles. The van der Waals surface area contributed by atoms with E-state index in [1.807, 2.05) is 30.3 Å². The van der Waals surface area contributed by atoms with Crippen molar-refractivity contribution in [3.63, 3.8) is 0 Å². The number of rotatable bonds is 11. The zero-order valence-corrected chi connectivity index (χ0v) is 17.1. The summed E-state index contributed by atoms with van der Waals surface area (Å²) in [6.45, 7) is 2.20. The Kier molecular flexibility index (Phi) is 8.53. The van der Waals surface area contributed by atoms with Gasteiger partial charge in [0.1, 0.15) is 0 Å². The summed E-state index contributed by atoms with van der Waals surface area (Å²) in [7, 11) is 0.0789. The number of guanidine groups is 1. The van der Waals surface area contributed by atoms with Crippen LogP contribution in [0.15, 0.2) is 35.3 Å². The predicted octanol–water partition coefficient (Wildman–Crippen LogP) is 1.48. The van der Waals surface area contributed by atoms with Crippen LogP contribution in [-0.4, -0.2) is 54.0 Å². The fraction of sp³-hybridized carbons (Fsp3) is 0.632. The van der Waals surface area contributed by atoms with Gasteiger partial charge in [-0.05, 0) is 30.2 Å². The molecule has 0 atom stereocenters. The summed E-state index contributed by atoms with van der Waals surface area (Å²) in [5, 5.41) is 6.42. The second-order valence-electron chi connectivity index (χ2n) is 7.07. The lowest BCUT2D eigenvalue weighted by atomic mass is 9.67. The van der Waals surface area contributed by atoms with Crippen molar-refractivity contribution in [2.75, 3.05) is 39.6 Å². The molecule has 27 heavy (non-hydrogen) atoms. The highest BCUT2D eigenvalue weighted by molar-refractivity contribution is 7.89. The van der Waals surface area contributed by atoms with Crippen LogP contribution in [0.1, 0.15) is 31.2 Å². The molecule has 8 heteroatoms. The van der Waals surface area contributed by atoms with Crippen molar-refractivity contribution in [3.05, 3.63) is 35.9 Å². The SMILES string of the molecule is CN=C(NCCS(=O)(=O)NCc1ccccc1)NCC1(CCOC)CCC1. The second kappa shape index (κ2) is 10.6. The molecule has 0 spiro atoms. The van der Waals surface area contributed by atoms with Gasteiger partial charge in [0.15, 0.2) is 5.96 Å². The Morgan fingerprint density at radius 3 is 2.56 bits per heavy atom. The number of hydrogen-bond donors (Lipinski definition) is 3. The van der Waals surface area contributed by atoms with Crippen molar-refractivity contribution >= 4 is 16.0 Å². The molecule has 1 aliphatic rings. The summed E-state index contributed by atoms with van der Waals surface area (Å²) in [4.78, 5) is 4.19. The van der Waals surface area contributed by atoms with E-state index in [1.165, 1.54) is 19.3 Å². The van der Waals surface area contributed by atoms with Crippen LogP contribution in [-0.2, 0) is 21.3 Å². The normalized spacial score (nSPS) is 16.6. The molecule has 0 amide bonds. The smallest absolute Gasteiger partial charge is 0.213 e. The average Bonchev–Trinajstić information content (AvgIpc) is 2.64. The van der Waals surface area contributed by atoms with Gasteiger partial charge >= 0.3 is 0 Å². The van der Waals surface area contributed by atoms with Crippen LogP contribution in [0, 0.1) is 5.41 Å². The van der Waals surface area contributed by atoms with E-state index in [2.05, 4.69) is 20.3 Å². The lowest BCUT2D eigenvalue weighted by Crippen LogP contribution is -2.48. The van der Waals surface area contributed by atoms with Crippen LogP contribution >= 0.6 is 0 Å². The lowest BCUT2D eigenvalue weighted by Gasteiger charge is -2.42. The van der Waals surface area contributed by atoms with Gasteiger partial charge in [-0.15, -0.1) is 0 Å². The number of hydrogen-bond acceptors (Lipinski definition) is 4. The molecule has 0 radical (unpaired) electrons. The standard InChI is InChI=1S/C19H32N4O3S/c1-20-18(22-16-19(9-6-10-19)11-13-26-2)21-12-14-27(24,25)23-15-17-7-4-3-5-8-17/h3-5,7-8,23H,6,9-16H2,1-2H3,(H2,20,21,22). The summed E-state index contributed by atoms with van der Waals surface area (Å²) in [5.41, 5.74) is 1.21. The maximum Gasteiger partial charge on any atom is 0.213 e. The van der Waals surface area contributed by atoms with Crippen molar-refractivity contribution in [1.29, 1.82) is 0 Å². The Hall–Kier alpha value is -1.64. The Morgan fingerprint density at radius 2 is 1.96 bits per heavy atom. The molecule has 1 fully saturated rings. The van der Waals surface area contributed by atoms with Gasteiger partial charge in [0.05, 0.1) is 5.75 Å². The molecule has 0 unspecified atom stereocenters. The molecule has 1 aromatic carbocycles. The number of methoxy groups -OCH3 is 1. The van der Waals surface area contributed by atoms with Crippen LogP contribution < -0.4 is 15.4 Å². The van der Waals surface area contributed by atoms with E-state index in [4.69, 9.17) is 4.74 Å². The third-order valence-corrected chi connectivity index (χ3v) is 6.43. The van der Waals surface area contributed by atoms with Crippen LogP contribution in [0.5, 0.6) is 0 Å². The van der Waals surface area contributed by atoms with Crippen LogP contribution in [0.25, 0.3) is 0 Å². The minimum Gasteiger partial charge on any atom is -0.385 e. The maximum absolute atomic E-state index is 12.1. The molecule has 0 bridgehead atoms. The van der Waals surface area contributed by atoms with E-state index in [0.29, 0.717) is 19.0 Å². The zero-order valence-electron chi connectivity index (χ0n) is 16.3. The Morgan fingerprint density at radius 1 is 1.22 bits per heavy atom. The number of sulfonamides is 1.